The van der Waals surface area contributed by atoms with Crippen molar-refractivity contribution in [3.63, 3.8) is 0 Å². The molecule has 0 amide bonds. The fraction of sp³-hybridized carbons (Fsp3) is 0.909. The number of nitrogens with zero attached hydrogens (tertiary/aromatic N) is 1. The Morgan fingerprint density at radius 2 is 2.36 bits per heavy atom. The zero-order valence-corrected chi connectivity index (χ0v) is 10.2. The molecule has 0 bridgehead atoms. The maximum atomic E-state index is 9.09. The summed E-state index contributed by atoms with van der Waals surface area (Å²) in [6, 6.07) is 2.42. The van der Waals surface area contributed by atoms with Crippen LogP contribution in [-0.4, -0.2) is 23.6 Å². The molecule has 2 unspecified atom stereocenters. The molecule has 3 heteroatoms. The summed E-state index contributed by atoms with van der Waals surface area (Å²) in [5, 5.41) is 12.9. The van der Waals surface area contributed by atoms with E-state index in [4.69, 9.17) is 5.26 Å². The lowest BCUT2D eigenvalue weighted by Gasteiger charge is -2.19. The highest BCUT2D eigenvalue weighted by Gasteiger charge is 2.38. The van der Waals surface area contributed by atoms with Crippen molar-refractivity contribution in [1.29, 1.82) is 5.26 Å². The van der Waals surface area contributed by atoms with Gasteiger partial charge >= 0.3 is 0 Å². The maximum absolute atomic E-state index is 9.09. The Bertz CT molecular complexity index is 222. The molecule has 0 radical (unpaired) electrons. The van der Waals surface area contributed by atoms with E-state index in [-0.39, 0.29) is 5.54 Å². The lowest BCUT2D eigenvalue weighted by molar-refractivity contribution is 0.464. The Kier molecular flexibility index (Phi) is 4.28. The highest BCUT2D eigenvalue weighted by Crippen LogP contribution is 2.37. The van der Waals surface area contributed by atoms with E-state index in [1.165, 1.54) is 12.2 Å². The van der Waals surface area contributed by atoms with Gasteiger partial charge in [-0.05, 0) is 38.0 Å². The first-order chi connectivity index (χ1) is 6.62. The molecule has 80 valence electrons. The molecule has 0 spiro atoms. The van der Waals surface area contributed by atoms with Crippen molar-refractivity contribution in [2.75, 3.05) is 12.8 Å². The van der Waals surface area contributed by atoms with Crippen LogP contribution in [0, 0.1) is 17.2 Å². The average Bonchev–Trinajstić information content (AvgIpc) is 2.59. The van der Waals surface area contributed by atoms with Crippen LogP contribution >= 0.6 is 11.8 Å². The lowest BCUT2D eigenvalue weighted by Crippen LogP contribution is -2.38. The van der Waals surface area contributed by atoms with Crippen molar-refractivity contribution in [3.05, 3.63) is 0 Å². The Morgan fingerprint density at radius 1 is 1.64 bits per heavy atom. The van der Waals surface area contributed by atoms with Crippen molar-refractivity contribution in [3.8, 4) is 6.07 Å². The minimum atomic E-state index is -0.228. The highest BCUT2D eigenvalue weighted by molar-refractivity contribution is 7.99. The van der Waals surface area contributed by atoms with Crippen molar-refractivity contribution in [1.82, 2.24) is 5.32 Å². The monoisotopic (exact) mass is 212 g/mol. The molecular weight excluding hydrogens is 192 g/mol. The van der Waals surface area contributed by atoms with Gasteiger partial charge < -0.3 is 5.32 Å². The van der Waals surface area contributed by atoms with Gasteiger partial charge in [0.05, 0.1) is 6.07 Å². The number of hydrogen-bond acceptors (Lipinski definition) is 3. The van der Waals surface area contributed by atoms with Crippen LogP contribution in [0.1, 0.15) is 33.1 Å². The summed E-state index contributed by atoms with van der Waals surface area (Å²) in [6.07, 6.45) is 3.21. The van der Waals surface area contributed by atoms with Crippen LogP contribution in [0.2, 0.25) is 0 Å². The number of hydrogen-bond donors (Lipinski definition) is 1. The Labute approximate surface area is 91.4 Å². The summed E-state index contributed by atoms with van der Waals surface area (Å²) in [7, 11) is 1.90. The maximum Gasteiger partial charge on any atom is 0.107 e. The number of nitrogens with one attached hydrogen (secondary N) is 1. The molecule has 0 aliphatic heterocycles. The minimum absolute atomic E-state index is 0.228. The average molecular weight is 212 g/mol. The number of rotatable bonds is 4. The van der Waals surface area contributed by atoms with Crippen LogP contribution in [-0.2, 0) is 0 Å². The van der Waals surface area contributed by atoms with Gasteiger partial charge in [-0.2, -0.15) is 17.0 Å². The predicted octanol–water partition coefficient (Wildman–Crippen LogP) is 2.41. The van der Waals surface area contributed by atoms with Crippen LogP contribution in [0.3, 0.4) is 0 Å². The van der Waals surface area contributed by atoms with Crippen molar-refractivity contribution in [2.45, 2.75) is 43.9 Å². The smallest absolute Gasteiger partial charge is 0.107 e. The van der Waals surface area contributed by atoms with E-state index in [0.717, 1.165) is 18.8 Å². The fourth-order valence-corrected chi connectivity index (χ4v) is 3.20. The van der Waals surface area contributed by atoms with E-state index in [1.54, 1.807) is 0 Å². The Hall–Kier alpha value is -0.200. The SMILES string of the molecule is CNC1(C#N)CCC(SCC(C)C)C1. The second-order valence-electron chi connectivity index (χ2n) is 4.54. The van der Waals surface area contributed by atoms with Crippen molar-refractivity contribution >= 4 is 11.8 Å². The first-order valence-electron chi connectivity index (χ1n) is 5.33. The van der Waals surface area contributed by atoms with Crippen LogP contribution in [0.4, 0.5) is 0 Å². The van der Waals surface area contributed by atoms with Gasteiger partial charge in [-0.15, -0.1) is 0 Å². The zero-order chi connectivity index (χ0) is 10.6. The van der Waals surface area contributed by atoms with Crippen molar-refractivity contribution in [2.24, 2.45) is 5.92 Å². The molecule has 1 N–H and O–H groups in total. The molecule has 1 aliphatic carbocycles. The van der Waals surface area contributed by atoms with Gasteiger partial charge in [0, 0.05) is 5.25 Å². The van der Waals surface area contributed by atoms with E-state index < -0.39 is 0 Å². The lowest BCUT2D eigenvalue weighted by atomic mass is 10.0. The highest BCUT2D eigenvalue weighted by atomic mass is 32.2. The summed E-state index contributed by atoms with van der Waals surface area (Å²) in [6.45, 7) is 4.50. The number of thioether (sulfide) groups is 1. The van der Waals surface area contributed by atoms with Gasteiger partial charge in [0.1, 0.15) is 5.54 Å². The molecule has 0 heterocycles. The molecule has 2 atom stereocenters. The van der Waals surface area contributed by atoms with Crippen LogP contribution in [0.5, 0.6) is 0 Å². The van der Waals surface area contributed by atoms with Crippen LogP contribution in [0.15, 0.2) is 0 Å². The summed E-state index contributed by atoms with van der Waals surface area (Å²) >= 11 is 2.03. The van der Waals surface area contributed by atoms with E-state index in [1.807, 2.05) is 18.8 Å². The molecule has 1 rings (SSSR count). The zero-order valence-electron chi connectivity index (χ0n) is 9.34. The molecule has 1 aliphatic rings. The molecule has 0 aromatic carbocycles. The van der Waals surface area contributed by atoms with E-state index in [2.05, 4.69) is 25.2 Å². The van der Waals surface area contributed by atoms with Gasteiger partial charge in [0.15, 0.2) is 0 Å². The second-order valence-corrected chi connectivity index (χ2v) is 5.87. The quantitative estimate of drug-likeness (QED) is 0.777. The molecule has 2 nitrogen and oxygen atoms in total. The largest absolute Gasteiger partial charge is 0.302 e. The van der Waals surface area contributed by atoms with Crippen molar-refractivity contribution < 1.29 is 0 Å². The normalized spacial score (nSPS) is 32.1. The summed E-state index contributed by atoms with van der Waals surface area (Å²) in [5.74, 6) is 1.97. The molecule has 1 saturated carbocycles. The molecule has 0 saturated heterocycles. The van der Waals surface area contributed by atoms with Gasteiger partial charge in [-0.1, -0.05) is 13.8 Å². The first-order valence-corrected chi connectivity index (χ1v) is 6.38. The Morgan fingerprint density at radius 3 is 2.79 bits per heavy atom. The van der Waals surface area contributed by atoms with E-state index in [0.29, 0.717) is 5.25 Å². The predicted molar refractivity (Wildman–Crippen MR) is 62.3 cm³/mol. The molecule has 0 aromatic rings. The first kappa shape index (κ1) is 11.9. The Balaban J connectivity index is 2.37. The van der Waals surface area contributed by atoms with Gasteiger partial charge in [0.25, 0.3) is 0 Å². The third kappa shape index (κ3) is 2.90. The number of nitriles is 1. The van der Waals surface area contributed by atoms with Crippen LogP contribution in [0.25, 0.3) is 0 Å². The summed E-state index contributed by atoms with van der Waals surface area (Å²) in [5.41, 5.74) is -0.228. The minimum Gasteiger partial charge on any atom is -0.302 e. The standard InChI is InChI=1S/C11H20N2S/c1-9(2)7-14-10-4-5-11(6-10,8-12)13-3/h9-10,13H,4-7H2,1-3H3. The topological polar surface area (TPSA) is 35.8 Å². The van der Waals surface area contributed by atoms with Gasteiger partial charge in [-0.3, -0.25) is 0 Å². The molecule has 1 fully saturated rings. The van der Waals surface area contributed by atoms with E-state index >= 15 is 0 Å². The van der Waals surface area contributed by atoms with Crippen LogP contribution < -0.4 is 5.32 Å². The molecule has 0 aromatic heterocycles. The van der Waals surface area contributed by atoms with Gasteiger partial charge in [0.2, 0.25) is 0 Å². The summed E-state index contributed by atoms with van der Waals surface area (Å²) < 4.78 is 0. The molecular formula is C11H20N2S. The third-order valence-corrected chi connectivity index (χ3v) is 4.56. The summed E-state index contributed by atoms with van der Waals surface area (Å²) in [4.78, 5) is 0. The van der Waals surface area contributed by atoms with Gasteiger partial charge in [-0.25, -0.2) is 0 Å². The second kappa shape index (κ2) is 5.04. The third-order valence-electron chi connectivity index (χ3n) is 2.83. The fourth-order valence-electron chi connectivity index (χ4n) is 1.86. The molecule has 14 heavy (non-hydrogen) atoms. The van der Waals surface area contributed by atoms with E-state index in [9.17, 15) is 0 Å².